The second-order valence-corrected chi connectivity index (χ2v) is 14.8. The van der Waals surface area contributed by atoms with E-state index in [0.29, 0.717) is 35.2 Å². The van der Waals surface area contributed by atoms with Crippen LogP contribution in [0.5, 0.6) is 0 Å². The van der Waals surface area contributed by atoms with Gasteiger partial charge in [0.25, 0.3) is 5.91 Å². The number of aliphatic hydroxyl groups is 2. The third kappa shape index (κ3) is 4.56. The minimum atomic E-state index is -0.783. The highest BCUT2D eigenvalue weighted by molar-refractivity contribution is 5.94. The molecule has 0 aliphatic heterocycles. The van der Waals surface area contributed by atoms with Crippen molar-refractivity contribution >= 4 is 5.91 Å². The zero-order chi connectivity index (χ0) is 27.3. The van der Waals surface area contributed by atoms with E-state index < -0.39 is 17.7 Å². The Balaban J connectivity index is 1.40. The largest absolute Gasteiger partial charge is 0.393 e. The zero-order valence-electron chi connectivity index (χ0n) is 24.6. The van der Waals surface area contributed by atoms with Crippen molar-refractivity contribution in [2.45, 2.75) is 123 Å². The maximum Gasteiger partial charge on any atom is 0.251 e. The fourth-order valence-electron chi connectivity index (χ4n) is 10.5. The minimum absolute atomic E-state index is 0.125. The van der Waals surface area contributed by atoms with Gasteiger partial charge in [-0.15, -0.1) is 0 Å². The Bertz CT molecular complexity index is 979. The summed E-state index contributed by atoms with van der Waals surface area (Å²) < 4.78 is 0. The molecule has 10 atom stereocenters. The van der Waals surface area contributed by atoms with Crippen LogP contribution in [0.25, 0.3) is 0 Å². The minimum Gasteiger partial charge on any atom is -0.393 e. The first-order valence-corrected chi connectivity index (χ1v) is 15.8. The third-order valence-electron chi connectivity index (χ3n) is 12.5. The number of rotatable bonds is 7. The van der Waals surface area contributed by atoms with Crippen molar-refractivity contribution in [2.75, 3.05) is 0 Å². The van der Waals surface area contributed by atoms with Gasteiger partial charge in [0.05, 0.1) is 17.7 Å². The fraction of sp³-hybridized carbons (Fsp3) is 0.794. The molecule has 4 saturated carbocycles. The third-order valence-corrected chi connectivity index (χ3v) is 12.5. The van der Waals surface area contributed by atoms with E-state index >= 15 is 0 Å². The van der Waals surface area contributed by atoms with Crippen LogP contribution in [-0.4, -0.2) is 33.9 Å². The number of carbonyl (C=O) groups is 1. The SMILES string of the molecule is CC(C)CCC[C@@H](C)[C@H]1CC[C@H]2[C@@H]3C[C@@H](O)[C@@]4(NC(=O)c5ccccc5)C[C@@H](O)CC[C@]4(C)[C@H]3CC[C@]12C. The van der Waals surface area contributed by atoms with Gasteiger partial charge >= 0.3 is 0 Å². The van der Waals surface area contributed by atoms with E-state index in [1.807, 2.05) is 30.3 Å². The van der Waals surface area contributed by atoms with Crippen molar-refractivity contribution in [3.05, 3.63) is 35.9 Å². The molecule has 38 heavy (non-hydrogen) atoms. The summed E-state index contributed by atoms with van der Waals surface area (Å²) >= 11 is 0. The number of carbonyl (C=O) groups excluding carboxylic acids is 1. The molecule has 0 spiro atoms. The van der Waals surface area contributed by atoms with Crippen molar-refractivity contribution in [1.29, 1.82) is 0 Å². The smallest absolute Gasteiger partial charge is 0.251 e. The van der Waals surface area contributed by atoms with Crippen molar-refractivity contribution < 1.29 is 15.0 Å². The molecule has 212 valence electrons. The molecule has 0 aromatic heterocycles. The average molecular weight is 524 g/mol. The summed E-state index contributed by atoms with van der Waals surface area (Å²) in [5.74, 6) is 3.83. The Hall–Kier alpha value is -1.39. The number of hydrogen-bond donors (Lipinski definition) is 3. The Morgan fingerprint density at radius 1 is 0.974 bits per heavy atom. The van der Waals surface area contributed by atoms with E-state index in [0.717, 1.165) is 37.0 Å². The van der Waals surface area contributed by atoms with E-state index in [2.05, 4.69) is 39.9 Å². The molecule has 1 amide bonds. The van der Waals surface area contributed by atoms with Crippen LogP contribution in [0.3, 0.4) is 0 Å². The van der Waals surface area contributed by atoms with Crippen LogP contribution in [0.2, 0.25) is 0 Å². The van der Waals surface area contributed by atoms with Gasteiger partial charge in [-0.05, 0) is 110 Å². The fourth-order valence-corrected chi connectivity index (χ4v) is 10.5. The first-order valence-electron chi connectivity index (χ1n) is 15.8. The molecule has 0 bridgehead atoms. The zero-order valence-corrected chi connectivity index (χ0v) is 24.6. The summed E-state index contributed by atoms with van der Waals surface area (Å²) in [6.07, 6.45) is 10.7. The lowest BCUT2D eigenvalue weighted by molar-refractivity contribution is -0.193. The van der Waals surface area contributed by atoms with Crippen LogP contribution in [-0.2, 0) is 0 Å². The van der Waals surface area contributed by atoms with Gasteiger partial charge in [0.1, 0.15) is 0 Å². The van der Waals surface area contributed by atoms with E-state index in [1.54, 1.807) is 0 Å². The summed E-state index contributed by atoms with van der Waals surface area (Å²) in [6.45, 7) is 12.1. The molecule has 4 heteroatoms. The van der Waals surface area contributed by atoms with Crippen LogP contribution in [0, 0.1) is 46.3 Å². The summed E-state index contributed by atoms with van der Waals surface area (Å²) in [5.41, 5.74) is -0.0220. The molecule has 0 unspecified atom stereocenters. The van der Waals surface area contributed by atoms with Crippen molar-refractivity contribution in [1.82, 2.24) is 5.32 Å². The molecular formula is C34H53NO3. The van der Waals surface area contributed by atoms with Crippen molar-refractivity contribution in [3.63, 3.8) is 0 Å². The first-order chi connectivity index (χ1) is 18.0. The van der Waals surface area contributed by atoms with Gasteiger partial charge in [-0.1, -0.05) is 72.1 Å². The van der Waals surface area contributed by atoms with Crippen LogP contribution in [0.15, 0.2) is 30.3 Å². The van der Waals surface area contributed by atoms with Crippen LogP contribution < -0.4 is 5.32 Å². The first kappa shape index (κ1) is 28.1. The second kappa shape index (κ2) is 10.5. The summed E-state index contributed by atoms with van der Waals surface area (Å²) in [5, 5.41) is 26.2. The average Bonchev–Trinajstić information content (AvgIpc) is 3.23. The molecular weight excluding hydrogens is 470 g/mol. The number of nitrogens with one attached hydrogen (secondary N) is 1. The number of benzene rings is 1. The van der Waals surface area contributed by atoms with Gasteiger partial charge in [0, 0.05) is 5.56 Å². The van der Waals surface area contributed by atoms with Gasteiger partial charge in [0.2, 0.25) is 0 Å². The molecule has 0 saturated heterocycles. The highest BCUT2D eigenvalue weighted by atomic mass is 16.3. The van der Waals surface area contributed by atoms with Gasteiger partial charge in [-0.25, -0.2) is 0 Å². The van der Waals surface area contributed by atoms with E-state index in [4.69, 9.17) is 0 Å². The number of fused-ring (bicyclic) bond motifs is 5. The van der Waals surface area contributed by atoms with Gasteiger partial charge in [-0.3, -0.25) is 4.79 Å². The van der Waals surface area contributed by atoms with Crippen LogP contribution >= 0.6 is 0 Å². The van der Waals surface area contributed by atoms with Crippen molar-refractivity contribution in [3.8, 4) is 0 Å². The van der Waals surface area contributed by atoms with Crippen molar-refractivity contribution in [2.24, 2.45) is 46.3 Å². The lowest BCUT2D eigenvalue weighted by atomic mass is 9.41. The maximum absolute atomic E-state index is 13.5. The van der Waals surface area contributed by atoms with Gasteiger partial charge < -0.3 is 15.5 Å². The maximum atomic E-state index is 13.5. The quantitative estimate of drug-likeness (QED) is 0.361. The molecule has 4 aliphatic carbocycles. The second-order valence-electron chi connectivity index (χ2n) is 14.8. The van der Waals surface area contributed by atoms with Crippen LogP contribution in [0.1, 0.15) is 116 Å². The number of amides is 1. The lowest BCUT2D eigenvalue weighted by Gasteiger charge is -2.67. The summed E-state index contributed by atoms with van der Waals surface area (Å²) in [6, 6.07) is 9.37. The monoisotopic (exact) mass is 523 g/mol. The molecule has 4 aliphatic rings. The standard InChI is InChI=1S/C34H53NO3/c1-22(2)10-9-11-23(3)27-14-15-28-26-20-30(37)34(35-31(38)24-12-7-6-8-13-24)21-25(36)16-19-33(34,5)29(26)17-18-32(27,28)4/h6-8,12-13,22-23,25-30,36-37H,9-11,14-21H2,1-5H3,(H,35,38)/t23-,25+,26+,27-,28+,29+,30-,32-,33-,34+/m1/s1. The Kier molecular flexibility index (Phi) is 7.81. The number of hydrogen-bond acceptors (Lipinski definition) is 3. The highest BCUT2D eigenvalue weighted by Gasteiger charge is 2.68. The molecule has 1 aromatic rings. The Morgan fingerprint density at radius 2 is 1.71 bits per heavy atom. The predicted octanol–water partition coefficient (Wildman–Crippen LogP) is 6.99. The normalized spacial score (nSPS) is 43.2. The molecule has 4 fully saturated rings. The molecule has 0 radical (unpaired) electrons. The summed E-state index contributed by atoms with van der Waals surface area (Å²) in [7, 11) is 0. The van der Waals surface area contributed by atoms with Gasteiger partial charge in [-0.2, -0.15) is 0 Å². The number of aliphatic hydroxyl groups excluding tert-OH is 2. The molecule has 5 rings (SSSR count). The Labute approximate surface area is 231 Å². The molecule has 0 heterocycles. The predicted molar refractivity (Wildman–Crippen MR) is 154 cm³/mol. The highest BCUT2D eigenvalue weighted by Crippen LogP contribution is 2.69. The lowest BCUT2D eigenvalue weighted by Crippen LogP contribution is -2.75. The Morgan fingerprint density at radius 3 is 2.42 bits per heavy atom. The molecule has 4 nitrogen and oxygen atoms in total. The van der Waals surface area contributed by atoms with E-state index in [1.165, 1.54) is 44.9 Å². The topological polar surface area (TPSA) is 69.6 Å². The van der Waals surface area contributed by atoms with Gasteiger partial charge in [0.15, 0.2) is 0 Å². The summed E-state index contributed by atoms with van der Waals surface area (Å²) in [4.78, 5) is 13.5. The van der Waals surface area contributed by atoms with Crippen LogP contribution in [0.4, 0.5) is 0 Å². The van der Waals surface area contributed by atoms with E-state index in [9.17, 15) is 15.0 Å². The molecule has 1 aromatic carbocycles. The van der Waals surface area contributed by atoms with E-state index in [-0.39, 0.29) is 11.3 Å². The molecule has 3 N–H and O–H groups in total.